The van der Waals surface area contributed by atoms with Crippen molar-refractivity contribution in [2.24, 2.45) is 0 Å². The number of methoxy groups -OCH3 is 1. The highest BCUT2D eigenvalue weighted by molar-refractivity contribution is 7.98. The fraction of sp³-hybridized carbons (Fsp3) is 0.462. The van der Waals surface area contributed by atoms with E-state index in [2.05, 4.69) is 9.46 Å². The molecule has 1 aromatic rings. The van der Waals surface area contributed by atoms with Crippen LogP contribution >= 0.6 is 11.8 Å². The summed E-state index contributed by atoms with van der Waals surface area (Å²) in [5, 5.41) is 0. The number of esters is 1. The van der Waals surface area contributed by atoms with Crippen LogP contribution in [0.3, 0.4) is 0 Å². The largest absolute Gasteiger partial charge is 0.465 e. The van der Waals surface area contributed by atoms with E-state index in [1.54, 1.807) is 30.8 Å². The first-order valence-electron chi connectivity index (χ1n) is 6.11. The standard InChI is InChI=1S/C13H19NO4S2/c1-10(8-9-19-3)14-20(16,17)12-7-5-4-6-11(12)13(15)18-2/h4-7,10,14H,8-9H2,1-3H3. The Morgan fingerprint density at radius 3 is 2.65 bits per heavy atom. The number of ether oxygens (including phenoxy) is 1. The van der Waals surface area contributed by atoms with Gasteiger partial charge in [-0.3, -0.25) is 0 Å². The van der Waals surface area contributed by atoms with Gasteiger partial charge in [-0.2, -0.15) is 11.8 Å². The molecule has 0 aliphatic carbocycles. The number of carbonyl (C=O) groups is 1. The van der Waals surface area contributed by atoms with Crippen molar-refractivity contribution in [3.63, 3.8) is 0 Å². The molecule has 1 N–H and O–H groups in total. The van der Waals surface area contributed by atoms with E-state index < -0.39 is 16.0 Å². The molecule has 1 atom stereocenters. The third-order valence-electron chi connectivity index (χ3n) is 2.69. The van der Waals surface area contributed by atoms with Crippen molar-refractivity contribution >= 4 is 27.8 Å². The summed E-state index contributed by atoms with van der Waals surface area (Å²) in [6, 6.07) is 5.82. The number of sulfonamides is 1. The van der Waals surface area contributed by atoms with Crippen LogP contribution in [0, 0.1) is 0 Å². The van der Waals surface area contributed by atoms with Crippen LogP contribution in [-0.4, -0.2) is 39.5 Å². The van der Waals surface area contributed by atoms with Gasteiger partial charge in [0.2, 0.25) is 10.0 Å². The second-order valence-corrected chi connectivity index (χ2v) is 6.96. The maximum Gasteiger partial charge on any atom is 0.339 e. The lowest BCUT2D eigenvalue weighted by molar-refractivity contribution is 0.0596. The summed E-state index contributed by atoms with van der Waals surface area (Å²) in [5.74, 6) is 0.199. The molecule has 1 rings (SSSR count). The first-order valence-corrected chi connectivity index (χ1v) is 8.98. The molecule has 0 aliphatic heterocycles. The third kappa shape index (κ3) is 4.50. The fourth-order valence-corrected chi connectivity index (χ4v) is 3.72. The first kappa shape index (κ1) is 17.0. The van der Waals surface area contributed by atoms with E-state index >= 15 is 0 Å². The normalized spacial score (nSPS) is 12.9. The predicted octanol–water partition coefficient (Wildman–Crippen LogP) is 1.89. The summed E-state index contributed by atoms with van der Waals surface area (Å²) in [7, 11) is -2.51. The van der Waals surface area contributed by atoms with Crippen LogP contribution in [-0.2, 0) is 14.8 Å². The van der Waals surface area contributed by atoms with Gasteiger partial charge in [-0.15, -0.1) is 0 Å². The summed E-state index contributed by atoms with van der Waals surface area (Å²) in [4.78, 5) is 11.6. The Bertz CT molecular complexity index is 557. The van der Waals surface area contributed by atoms with Crippen LogP contribution in [0.4, 0.5) is 0 Å². The average Bonchev–Trinajstić information content (AvgIpc) is 2.43. The van der Waals surface area contributed by atoms with Crippen LogP contribution in [0.5, 0.6) is 0 Å². The molecule has 1 unspecified atom stereocenters. The van der Waals surface area contributed by atoms with Gasteiger partial charge in [0.25, 0.3) is 0 Å². The number of nitrogens with one attached hydrogen (secondary N) is 1. The molecular formula is C13H19NO4S2. The third-order valence-corrected chi connectivity index (χ3v) is 4.98. The maximum atomic E-state index is 12.3. The molecule has 0 fully saturated rings. The van der Waals surface area contributed by atoms with Crippen LogP contribution in [0.15, 0.2) is 29.2 Å². The molecule has 5 nitrogen and oxygen atoms in total. The van der Waals surface area contributed by atoms with E-state index in [0.29, 0.717) is 0 Å². The van der Waals surface area contributed by atoms with Crippen LogP contribution in [0.2, 0.25) is 0 Å². The zero-order chi connectivity index (χ0) is 15.2. The monoisotopic (exact) mass is 317 g/mol. The Hall–Kier alpha value is -1.05. The minimum Gasteiger partial charge on any atom is -0.465 e. The second-order valence-electron chi connectivity index (χ2n) is 4.29. The summed E-state index contributed by atoms with van der Waals surface area (Å²) < 4.78 is 31.8. The number of hydrogen-bond acceptors (Lipinski definition) is 5. The lowest BCUT2D eigenvalue weighted by Crippen LogP contribution is -2.34. The number of rotatable bonds is 7. The SMILES string of the molecule is COC(=O)c1ccccc1S(=O)(=O)NC(C)CCSC. The molecule has 0 radical (unpaired) electrons. The molecule has 112 valence electrons. The van der Waals surface area contributed by atoms with Crippen LogP contribution < -0.4 is 4.72 Å². The summed E-state index contributed by atoms with van der Waals surface area (Å²) in [5.41, 5.74) is 0.0413. The molecule has 0 saturated carbocycles. The average molecular weight is 317 g/mol. The summed E-state index contributed by atoms with van der Waals surface area (Å²) >= 11 is 1.65. The van der Waals surface area contributed by atoms with Crippen LogP contribution in [0.1, 0.15) is 23.7 Å². The summed E-state index contributed by atoms with van der Waals surface area (Å²) in [6.45, 7) is 1.80. The lowest BCUT2D eigenvalue weighted by atomic mass is 10.2. The highest BCUT2D eigenvalue weighted by Crippen LogP contribution is 2.17. The van der Waals surface area contributed by atoms with Gasteiger partial charge in [0, 0.05) is 6.04 Å². The Labute approximate surface area is 124 Å². The van der Waals surface area contributed by atoms with Crippen LogP contribution in [0.25, 0.3) is 0 Å². The second kappa shape index (κ2) is 7.66. The van der Waals surface area contributed by atoms with E-state index in [0.717, 1.165) is 12.2 Å². The smallest absolute Gasteiger partial charge is 0.339 e. The molecule has 0 saturated heterocycles. The highest BCUT2D eigenvalue weighted by Gasteiger charge is 2.23. The molecule has 1 aromatic carbocycles. The van der Waals surface area contributed by atoms with Crippen molar-refractivity contribution in [1.29, 1.82) is 0 Å². The van der Waals surface area contributed by atoms with Crippen molar-refractivity contribution in [1.82, 2.24) is 4.72 Å². The first-order chi connectivity index (χ1) is 9.42. The van der Waals surface area contributed by atoms with Gasteiger partial charge in [-0.25, -0.2) is 17.9 Å². The van der Waals surface area contributed by atoms with E-state index in [1.165, 1.54) is 19.2 Å². The van der Waals surface area contributed by atoms with Gasteiger partial charge < -0.3 is 4.74 Å². The lowest BCUT2D eigenvalue weighted by Gasteiger charge is -2.15. The minimum absolute atomic E-state index is 0.0413. The topological polar surface area (TPSA) is 72.5 Å². The number of thioether (sulfide) groups is 1. The molecule has 0 spiro atoms. The molecule has 0 aromatic heterocycles. The number of carbonyl (C=O) groups excluding carboxylic acids is 1. The van der Waals surface area contributed by atoms with Gasteiger partial charge in [0.15, 0.2) is 0 Å². The van der Waals surface area contributed by atoms with Gasteiger partial charge in [0.1, 0.15) is 0 Å². The number of benzene rings is 1. The molecule has 0 bridgehead atoms. The molecular weight excluding hydrogens is 298 g/mol. The molecule has 0 amide bonds. The van der Waals surface area contributed by atoms with Gasteiger partial charge in [-0.05, 0) is 37.5 Å². The predicted molar refractivity (Wildman–Crippen MR) is 80.6 cm³/mol. The zero-order valence-electron chi connectivity index (χ0n) is 11.8. The van der Waals surface area contributed by atoms with Gasteiger partial charge >= 0.3 is 5.97 Å². The molecule has 0 aliphatic rings. The van der Waals surface area contributed by atoms with Gasteiger partial charge in [-0.1, -0.05) is 12.1 Å². The minimum atomic E-state index is -3.74. The zero-order valence-corrected chi connectivity index (χ0v) is 13.4. The Balaban J connectivity index is 3.01. The molecule has 20 heavy (non-hydrogen) atoms. The van der Waals surface area contributed by atoms with Crippen molar-refractivity contribution in [3.05, 3.63) is 29.8 Å². The Kier molecular flexibility index (Phi) is 6.51. The van der Waals surface area contributed by atoms with E-state index in [4.69, 9.17) is 0 Å². The van der Waals surface area contributed by atoms with E-state index in [1.807, 2.05) is 6.26 Å². The maximum absolute atomic E-state index is 12.3. The molecule has 7 heteroatoms. The van der Waals surface area contributed by atoms with Crippen molar-refractivity contribution < 1.29 is 17.9 Å². The van der Waals surface area contributed by atoms with E-state index in [-0.39, 0.29) is 16.5 Å². The van der Waals surface area contributed by atoms with Crippen molar-refractivity contribution in [2.45, 2.75) is 24.3 Å². The summed E-state index contributed by atoms with van der Waals surface area (Å²) in [6.07, 6.45) is 2.69. The quantitative estimate of drug-likeness (QED) is 0.778. The van der Waals surface area contributed by atoms with Crippen molar-refractivity contribution in [3.8, 4) is 0 Å². The Morgan fingerprint density at radius 2 is 2.05 bits per heavy atom. The fourth-order valence-electron chi connectivity index (χ4n) is 1.66. The highest BCUT2D eigenvalue weighted by atomic mass is 32.2. The van der Waals surface area contributed by atoms with Crippen molar-refractivity contribution in [2.75, 3.05) is 19.1 Å². The Morgan fingerprint density at radius 1 is 1.40 bits per heavy atom. The molecule has 0 heterocycles. The van der Waals surface area contributed by atoms with Gasteiger partial charge in [0.05, 0.1) is 17.6 Å². The number of hydrogen-bond donors (Lipinski definition) is 1. The van der Waals surface area contributed by atoms with E-state index in [9.17, 15) is 13.2 Å².